The minimum Gasteiger partial charge on any atom is -0.383 e. The van der Waals surface area contributed by atoms with Crippen molar-refractivity contribution in [1.29, 1.82) is 0 Å². The van der Waals surface area contributed by atoms with Gasteiger partial charge in [-0.05, 0) is 55.3 Å². The van der Waals surface area contributed by atoms with E-state index in [2.05, 4.69) is 15.4 Å². The van der Waals surface area contributed by atoms with Crippen LogP contribution in [-0.2, 0) is 4.74 Å². The molecule has 0 unspecified atom stereocenters. The van der Waals surface area contributed by atoms with Crippen LogP contribution in [0.2, 0.25) is 5.02 Å². The van der Waals surface area contributed by atoms with Crippen LogP contribution in [0.25, 0.3) is 17.1 Å². The van der Waals surface area contributed by atoms with E-state index in [4.69, 9.17) is 16.3 Å². The van der Waals surface area contributed by atoms with Crippen LogP contribution in [0.5, 0.6) is 0 Å². The molecule has 6 nitrogen and oxygen atoms in total. The van der Waals surface area contributed by atoms with Gasteiger partial charge >= 0.3 is 0 Å². The molecular formula is C20H21ClN4O2. The fourth-order valence-corrected chi connectivity index (χ4v) is 2.78. The Morgan fingerprint density at radius 2 is 1.93 bits per heavy atom. The van der Waals surface area contributed by atoms with Crippen LogP contribution >= 0.6 is 11.6 Å². The molecule has 0 bridgehead atoms. The summed E-state index contributed by atoms with van der Waals surface area (Å²) in [6.45, 7) is 4.83. The second kappa shape index (κ2) is 8.33. The quantitative estimate of drug-likeness (QED) is 0.659. The van der Waals surface area contributed by atoms with Gasteiger partial charge < -0.3 is 10.1 Å². The molecule has 140 valence electrons. The van der Waals surface area contributed by atoms with Gasteiger partial charge in [0, 0.05) is 24.2 Å². The molecule has 0 fully saturated rings. The van der Waals surface area contributed by atoms with Gasteiger partial charge in [-0.3, -0.25) is 4.79 Å². The lowest BCUT2D eigenvalue weighted by atomic mass is 10.1. The maximum Gasteiger partial charge on any atom is 0.291 e. The van der Waals surface area contributed by atoms with Gasteiger partial charge in [-0.2, -0.15) is 0 Å². The highest BCUT2D eigenvalue weighted by molar-refractivity contribution is 6.30. The number of hydrogen-bond donors (Lipinski definition) is 1. The fraction of sp³-hybridized carbons (Fsp3) is 0.250. The topological polar surface area (TPSA) is 69.0 Å². The minimum atomic E-state index is -0.341. The molecule has 0 saturated carbocycles. The second-order valence-corrected chi connectivity index (χ2v) is 6.65. The number of nitrogens with zero attached hydrogens (tertiary/aromatic N) is 3. The molecule has 0 saturated heterocycles. The molecule has 0 spiro atoms. The van der Waals surface area contributed by atoms with E-state index in [1.807, 2.05) is 44.2 Å². The van der Waals surface area contributed by atoms with Crippen LogP contribution in [0.15, 0.2) is 42.5 Å². The number of nitrogens with one attached hydrogen (secondary N) is 1. The van der Waals surface area contributed by atoms with Crippen molar-refractivity contribution in [3.63, 3.8) is 0 Å². The van der Waals surface area contributed by atoms with E-state index in [1.54, 1.807) is 23.9 Å². The second-order valence-electron chi connectivity index (χ2n) is 6.22. The van der Waals surface area contributed by atoms with Crippen LogP contribution in [0.4, 0.5) is 0 Å². The van der Waals surface area contributed by atoms with Crippen LogP contribution < -0.4 is 5.32 Å². The highest BCUT2D eigenvalue weighted by Gasteiger charge is 2.19. The summed E-state index contributed by atoms with van der Waals surface area (Å²) in [4.78, 5) is 16.9. The molecule has 3 rings (SSSR count). The zero-order valence-electron chi connectivity index (χ0n) is 15.5. The van der Waals surface area contributed by atoms with Gasteiger partial charge in [-0.15, -0.1) is 5.10 Å². The molecule has 27 heavy (non-hydrogen) atoms. The lowest BCUT2D eigenvalue weighted by molar-refractivity contribution is 0.0927. The summed E-state index contributed by atoms with van der Waals surface area (Å²) in [5.74, 6) is 0.348. The lowest BCUT2D eigenvalue weighted by Crippen LogP contribution is -2.28. The number of carbonyl (C=O) groups is 1. The number of halogens is 1. The summed E-state index contributed by atoms with van der Waals surface area (Å²) in [5, 5.41) is 7.87. The zero-order valence-corrected chi connectivity index (χ0v) is 16.2. The van der Waals surface area contributed by atoms with Gasteiger partial charge in [-0.25, -0.2) is 9.67 Å². The Kier molecular flexibility index (Phi) is 5.88. The number of ether oxygens (including phenoxy) is 1. The minimum absolute atomic E-state index is 0.108. The summed E-state index contributed by atoms with van der Waals surface area (Å²) in [7, 11) is 1.58. The van der Waals surface area contributed by atoms with E-state index in [-0.39, 0.29) is 11.7 Å². The highest BCUT2D eigenvalue weighted by atomic mass is 35.5. The first-order valence-corrected chi connectivity index (χ1v) is 8.95. The smallest absolute Gasteiger partial charge is 0.291 e. The Labute approximate surface area is 163 Å². The summed E-state index contributed by atoms with van der Waals surface area (Å²) >= 11 is 6.01. The Balaban J connectivity index is 2.08. The number of aryl methyl sites for hydroxylation is 2. The monoisotopic (exact) mass is 384 g/mol. The van der Waals surface area contributed by atoms with Crippen molar-refractivity contribution in [3.8, 4) is 17.1 Å². The van der Waals surface area contributed by atoms with Crippen molar-refractivity contribution >= 4 is 17.5 Å². The number of benzene rings is 2. The predicted octanol–water partition coefficient (Wildman–Crippen LogP) is 3.58. The van der Waals surface area contributed by atoms with Crippen molar-refractivity contribution in [2.45, 2.75) is 13.8 Å². The molecule has 1 amide bonds. The molecule has 7 heteroatoms. The van der Waals surface area contributed by atoms with Gasteiger partial charge in [0.05, 0.1) is 12.3 Å². The molecule has 1 aromatic heterocycles. The van der Waals surface area contributed by atoms with E-state index < -0.39 is 0 Å². The number of aromatic nitrogens is 3. The molecule has 3 aromatic rings. The van der Waals surface area contributed by atoms with Gasteiger partial charge in [0.25, 0.3) is 5.91 Å². The first kappa shape index (κ1) is 19.1. The van der Waals surface area contributed by atoms with Gasteiger partial charge in [0.15, 0.2) is 5.82 Å². The van der Waals surface area contributed by atoms with Gasteiger partial charge in [0.1, 0.15) is 0 Å². The average Bonchev–Trinajstić information content (AvgIpc) is 3.09. The Bertz CT molecular complexity index is 951. The summed E-state index contributed by atoms with van der Waals surface area (Å²) < 4.78 is 6.67. The Hall–Kier alpha value is -2.70. The lowest BCUT2D eigenvalue weighted by Gasteiger charge is -2.10. The maximum absolute atomic E-state index is 12.4. The highest BCUT2D eigenvalue weighted by Crippen LogP contribution is 2.25. The number of hydrogen-bond acceptors (Lipinski definition) is 4. The van der Waals surface area contributed by atoms with Gasteiger partial charge in [0.2, 0.25) is 5.82 Å². The summed E-state index contributed by atoms with van der Waals surface area (Å²) in [5.41, 5.74) is 3.83. The van der Waals surface area contributed by atoms with E-state index in [9.17, 15) is 4.79 Å². The molecule has 1 heterocycles. The van der Waals surface area contributed by atoms with Crippen LogP contribution in [0.3, 0.4) is 0 Å². The van der Waals surface area contributed by atoms with E-state index in [0.29, 0.717) is 24.0 Å². The molecular weight excluding hydrogens is 364 g/mol. The van der Waals surface area contributed by atoms with Crippen molar-refractivity contribution in [1.82, 2.24) is 20.1 Å². The number of methoxy groups -OCH3 is 1. The number of amides is 1. The molecule has 2 aromatic carbocycles. The third-order valence-corrected chi connectivity index (χ3v) is 4.35. The summed E-state index contributed by atoms with van der Waals surface area (Å²) in [6.07, 6.45) is 0. The number of rotatable bonds is 6. The van der Waals surface area contributed by atoms with Gasteiger partial charge in [-0.1, -0.05) is 23.7 Å². The molecule has 0 aliphatic rings. The maximum atomic E-state index is 12.4. The first-order chi connectivity index (χ1) is 13.0. The van der Waals surface area contributed by atoms with Crippen LogP contribution in [0, 0.1) is 13.8 Å². The van der Waals surface area contributed by atoms with Crippen molar-refractivity contribution < 1.29 is 9.53 Å². The summed E-state index contributed by atoms with van der Waals surface area (Å²) in [6, 6.07) is 13.4. The normalized spacial score (nSPS) is 10.8. The van der Waals surface area contributed by atoms with E-state index >= 15 is 0 Å². The molecule has 0 atom stereocenters. The SMILES string of the molecule is COCCNC(=O)c1nc(-c2ccc(Cl)cc2)n(-c2cc(C)ccc2C)n1. The van der Waals surface area contributed by atoms with Crippen molar-refractivity contribution in [2.24, 2.45) is 0 Å². The fourth-order valence-electron chi connectivity index (χ4n) is 2.66. The predicted molar refractivity (Wildman–Crippen MR) is 105 cm³/mol. The van der Waals surface area contributed by atoms with Crippen LogP contribution in [0.1, 0.15) is 21.7 Å². The molecule has 0 aliphatic heterocycles. The largest absolute Gasteiger partial charge is 0.383 e. The third kappa shape index (κ3) is 4.35. The standard InChI is InChI=1S/C20H21ClN4O2/c1-13-4-5-14(2)17(12-13)25-19(15-6-8-16(21)9-7-15)23-18(24-25)20(26)22-10-11-27-3/h4-9,12H,10-11H2,1-3H3,(H,22,26). The number of carbonyl (C=O) groups excluding carboxylic acids is 1. The Morgan fingerprint density at radius 1 is 1.19 bits per heavy atom. The zero-order chi connectivity index (χ0) is 19.4. The van der Waals surface area contributed by atoms with Crippen LogP contribution in [-0.4, -0.2) is 40.9 Å². The molecule has 1 N–H and O–H groups in total. The molecule has 0 aliphatic carbocycles. The van der Waals surface area contributed by atoms with E-state index in [1.165, 1.54) is 0 Å². The Morgan fingerprint density at radius 3 is 2.63 bits per heavy atom. The van der Waals surface area contributed by atoms with Crippen molar-refractivity contribution in [2.75, 3.05) is 20.3 Å². The first-order valence-electron chi connectivity index (χ1n) is 8.57. The molecule has 0 radical (unpaired) electrons. The van der Waals surface area contributed by atoms with E-state index in [0.717, 1.165) is 22.4 Å². The third-order valence-electron chi connectivity index (χ3n) is 4.10. The average molecular weight is 385 g/mol. The van der Waals surface area contributed by atoms with Crippen molar-refractivity contribution in [3.05, 3.63) is 64.4 Å².